The second-order valence-corrected chi connectivity index (χ2v) is 7.35. The van der Waals surface area contributed by atoms with E-state index in [0.717, 1.165) is 44.5 Å². The van der Waals surface area contributed by atoms with Crippen molar-refractivity contribution in [3.8, 4) is 11.5 Å². The van der Waals surface area contributed by atoms with E-state index in [2.05, 4.69) is 16.3 Å². The van der Waals surface area contributed by atoms with Crippen molar-refractivity contribution in [3.63, 3.8) is 0 Å². The number of benzene rings is 2. The zero-order chi connectivity index (χ0) is 20.2. The van der Waals surface area contributed by atoms with Crippen LogP contribution >= 0.6 is 0 Å². The number of hydrogen-bond donors (Lipinski definition) is 1. The summed E-state index contributed by atoms with van der Waals surface area (Å²) in [4.78, 5) is 14.7. The highest BCUT2D eigenvalue weighted by atomic mass is 19.1. The maximum absolute atomic E-state index is 13.1. The van der Waals surface area contributed by atoms with Gasteiger partial charge in [0.25, 0.3) is 5.91 Å². The van der Waals surface area contributed by atoms with Gasteiger partial charge in [0.05, 0.1) is 12.7 Å². The first kappa shape index (κ1) is 19.5. The molecule has 0 bridgehead atoms. The van der Waals surface area contributed by atoms with Gasteiger partial charge in [0.1, 0.15) is 5.82 Å². The second kappa shape index (κ2) is 8.66. The van der Waals surface area contributed by atoms with Gasteiger partial charge in [-0.05, 0) is 54.8 Å². The standard InChI is InChI=1S/C23H25FN2O3/c1-28-20-5-2-4-19-22(20)29-21(25-23(19)27)6-3-13-26-14-11-17(12-15-26)16-7-9-18(24)10-8-16/h2,4-5,7-11,21H,3,6,12-15H2,1H3,(H,25,27). The van der Waals surface area contributed by atoms with Gasteiger partial charge in [-0.25, -0.2) is 4.39 Å². The number of fused-ring (bicyclic) bond motifs is 1. The number of rotatable bonds is 6. The van der Waals surface area contributed by atoms with Gasteiger partial charge in [-0.15, -0.1) is 0 Å². The lowest BCUT2D eigenvalue weighted by molar-refractivity contribution is 0.0717. The Morgan fingerprint density at radius 2 is 2.07 bits per heavy atom. The summed E-state index contributed by atoms with van der Waals surface area (Å²) < 4.78 is 24.4. The molecule has 1 atom stereocenters. The van der Waals surface area contributed by atoms with Crippen molar-refractivity contribution in [1.82, 2.24) is 10.2 Å². The number of carbonyl (C=O) groups excluding carboxylic acids is 1. The summed E-state index contributed by atoms with van der Waals surface area (Å²) in [6, 6.07) is 12.0. The van der Waals surface area contributed by atoms with Gasteiger partial charge in [-0.2, -0.15) is 0 Å². The van der Waals surface area contributed by atoms with E-state index in [1.165, 1.54) is 17.7 Å². The first-order chi connectivity index (χ1) is 14.1. The molecular formula is C23H25FN2O3. The maximum atomic E-state index is 13.1. The molecule has 0 aromatic heterocycles. The van der Waals surface area contributed by atoms with E-state index < -0.39 is 0 Å². The average molecular weight is 396 g/mol. The number of para-hydroxylation sites is 1. The Labute approximate surface area is 170 Å². The first-order valence-corrected chi connectivity index (χ1v) is 9.96. The van der Waals surface area contributed by atoms with Crippen molar-refractivity contribution >= 4 is 11.5 Å². The molecule has 0 fully saturated rings. The van der Waals surface area contributed by atoms with Crippen LogP contribution in [-0.4, -0.2) is 43.8 Å². The molecule has 0 saturated carbocycles. The Hall–Kier alpha value is -2.86. The smallest absolute Gasteiger partial charge is 0.257 e. The Balaban J connectivity index is 1.28. The third-order valence-electron chi connectivity index (χ3n) is 5.44. The zero-order valence-electron chi connectivity index (χ0n) is 16.5. The highest BCUT2D eigenvalue weighted by molar-refractivity contribution is 5.98. The van der Waals surface area contributed by atoms with Crippen LogP contribution in [0.2, 0.25) is 0 Å². The van der Waals surface area contributed by atoms with Crippen molar-refractivity contribution in [2.24, 2.45) is 0 Å². The van der Waals surface area contributed by atoms with Gasteiger partial charge in [-0.1, -0.05) is 24.3 Å². The van der Waals surface area contributed by atoms with Crippen LogP contribution in [0.15, 0.2) is 48.5 Å². The van der Waals surface area contributed by atoms with Crippen LogP contribution in [0, 0.1) is 5.82 Å². The molecule has 2 aliphatic rings. The summed E-state index contributed by atoms with van der Waals surface area (Å²) in [5.74, 6) is 0.773. The minimum Gasteiger partial charge on any atom is -0.493 e. The predicted octanol–water partition coefficient (Wildman–Crippen LogP) is 3.85. The molecule has 2 aromatic rings. The minimum absolute atomic E-state index is 0.125. The van der Waals surface area contributed by atoms with Crippen LogP contribution < -0.4 is 14.8 Å². The largest absolute Gasteiger partial charge is 0.493 e. The second-order valence-electron chi connectivity index (χ2n) is 7.35. The fourth-order valence-corrected chi connectivity index (χ4v) is 3.84. The lowest BCUT2D eigenvalue weighted by Gasteiger charge is -2.29. The monoisotopic (exact) mass is 396 g/mol. The van der Waals surface area contributed by atoms with Gasteiger partial charge in [-0.3, -0.25) is 9.69 Å². The highest BCUT2D eigenvalue weighted by Crippen LogP contribution is 2.34. The van der Waals surface area contributed by atoms with Crippen molar-refractivity contribution in [3.05, 3.63) is 65.5 Å². The van der Waals surface area contributed by atoms with Crippen LogP contribution in [0.25, 0.3) is 5.57 Å². The van der Waals surface area contributed by atoms with E-state index in [9.17, 15) is 9.18 Å². The van der Waals surface area contributed by atoms with Gasteiger partial charge < -0.3 is 14.8 Å². The molecule has 0 saturated heterocycles. The number of halogens is 1. The van der Waals surface area contributed by atoms with Crippen LogP contribution in [0.4, 0.5) is 4.39 Å². The van der Waals surface area contributed by atoms with Crippen LogP contribution in [0.1, 0.15) is 35.2 Å². The molecule has 2 heterocycles. The number of ether oxygens (including phenoxy) is 2. The number of carbonyl (C=O) groups is 1. The fourth-order valence-electron chi connectivity index (χ4n) is 3.84. The normalized spacial score (nSPS) is 19.0. The van der Waals surface area contributed by atoms with Crippen LogP contribution in [0.5, 0.6) is 11.5 Å². The Bertz CT molecular complexity index is 911. The summed E-state index contributed by atoms with van der Waals surface area (Å²) in [5, 5.41) is 2.92. The molecule has 1 amide bonds. The fraction of sp³-hybridized carbons (Fsp3) is 0.348. The summed E-state index contributed by atoms with van der Waals surface area (Å²) in [6.45, 7) is 2.78. The number of methoxy groups -OCH3 is 1. The molecule has 0 aliphatic carbocycles. The molecular weight excluding hydrogens is 371 g/mol. The first-order valence-electron chi connectivity index (χ1n) is 9.96. The number of nitrogens with zero attached hydrogens (tertiary/aromatic N) is 1. The molecule has 5 nitrogen and oxygen atoms in total. The summed E-state index contributed by atoms with van der Waals surface area (Å²) in [7, 11) is 1.57. The lowest BCUT2D eigenvalue weighted by atomic mass is 9.99. The van der Waals surface area contributed by atoms with Crippen molar-refractivity contribution in [2.45, 2.75) is 25.5 Å². The Morgan fingerprint density at radius 1 is 1.24 bits per heavy atom. The molecule has 1 N–H and O–H groups in total. The Morgan fingerprint density at radius 3 is 2.79 bits per heavy atom. The van der Waals surface area contributed by atoms with Gasteiger partial charge in [0.15, 0.2) is 17.7 Å². The van der Waals surface area contributed by atoms with Crippen molar-refractivity contribution in [2.75, 3.05) is 26.7 Å². The minimum atomic E-state index is -0.346. The van der Waals surface area contributed by atoms with Crippen LogP contribution in [-0.2, 0) is 0 Å². The van der Waals surface area contributed by atoms with Crippen molar-refractivity contribution in [1.29, 1.82) is 0 Å². The molecule has 0 radical (unpaired) electrons. The SMILES string of the molecule is COc1cccc2c1OC(CCCN1CC=C(c3ccc(F)cc3)CC1)NC2=O. The van der Waals surface area contributed by atoms with E-state index in [4.69, 9.17) is 9.47 Å². The molecule has 2 aliphatic heterocycles. The average Bonchev–Trinajstić information content (AvgIpc) is 2.74. The van der Waals surface area contributed by atoms with E-state index >= 15 is 0 Å². The zero-order valence-corrected chi connectivity index (χ0v) is 16.5. The maximum Gasteiger partial charge on any atom is 0.257 e. The number of hydrogen-bond acceptors (Lipinski definition) is 4. The van der Waals surface area contributed by atoms with E-state index in [-0.39, 0.29) is 18.0 Å². The highest BCUT2D eigenvalue weighted by Gasteiger charge is 2.28. The molecule has 4 rings (SSSR count). The molecule has 1 unspecified atom stereocenters. The third-order valence-corrected chi connectivity index (χ3v) is 5.44. The predicted molar refractivity (Wildman–Crippen MR) is 110 cm³/mol. The number of amides is 1. The van der Waals surface area contributed by atoms with E-state index in [1.54, 1.807) is 25.3 Å². The number of nitrogens with one attached hydrogen (secondary N) is 1. The van der Waals surface area contributed by atoms with Gasteiger partial charge in [0, 0.05) is 19.5 Å². The summed E-state index contributed by atoms with van der Waals surface area (Å²) in [5.41, 5.74) is 2.87. The van der Waals surface area contributed by atoms with Crippen molar-refractivity contribution < 1.29 is 18.7 Å². The van der Waals surface area contributed by atoms with E-state index in [1.807, 2.05) is 12.1 Å². The molecule has 6 heteroatoms. The lowest BCUT2D eigenvalue weighted by Crippen LogP contribution is -2.43. The molecule has 152 valence electrons. The quantitative estimate of drug-likeness (QED) is 0.806. The third kappa shape index (κ3) is 4.43. The molecule has 29 heavy (non-hydrogen) atoms. The summed E-state index contributed by atoms with van der Waals surface area (Å²) in [6.07, 6.45) is 4.47. The molecule has 0 spiro atoms. The van der Waals surface area contributed by atoms with E-state index in [0.29, 0.717) is 17.1 Å². The van der Waals surface area contributed by atoms with Gasteiger partial charge in [0.2, 0.25) is 0 Å². The topological polar surface area (TPSA) is 50.8 Å². The van der Waals surface area contributed by atoms with Gasteiger partial charge >= 0.3 is 0 Å². The van der Waals surface area contributed by atoms with Crippen LogP contribution in [0.3, 0.4) is 0 Å². The Kier molecular flexibility index (Phi) is 5.81. The molecule has 2 aromatic carbocycles. The summed E-state index contributed by atoms with van der Waals surface area (Å²) >= 11 is 0.